The fourth-order valence-electron chi connectivity index (χ4n) is 3.36. The molecule has 1 saturated heterocycles. The van der Waals surface area contributed by atoms with Crippen LogP contribution in [0.1, 0.15) is 54.6 Å². The zero-order valence-electron chi connectivity index (χ0n) is 15.6. The molecule has 0 aliphatic carbocycles. The molecule has 1 atom stereocenters. The highest BCUT2D eigenvalue weighted by atomic mass is 32.2. The number of benzene rings is 2. The Morgan fingerprint density at radius 2 is 1.63 bits per heavy atom. The van der Waals surface area contributed by atoms with E-state index in [4.69, 9.17) is 0 Å². The van der Waals surface area contributed by atoms with Crippen molar-refractivity contribution in [3.8, 4) is 0 Å². The van der Waals surface area contributed by atoms with Gasteiger partial charge >= 0.3 is 0 Å². The van der Waals surface area contributed by atoms with Gasteiger partial charge in [-0.25, -0.2) is 13.1 Å². The Balaban J connectivity index is 1.78. The van der Waals surface area contributed by atoms with Crippen molar-refractivity contribution in [1.82, 2.24) is 9.62 Å². The zero-order chi connectivity index (χ0) is 19.3. The molecule has 1 aliphatic heterocycles. The number of amides is 1. The fraction of sp³-hybridized carbons (Fsp3) is 0.381. The molecule has 1 heterocycles. The smallest absolute Gasteiger partial charge is 0.253 e. The van der Waals surface area contributed by atoms with Crippen LogP contribution < -0.4 is 4.72 Å². The molecule has 0 spiro atoms. The van der Waals surface area contributed by atoms with E-state index in [1.54, 1.807) is 19.1 Å². The molecule has 1 unspecified atom stereocenters. The molecule has 0 saturated carbocycles. The maximum Gasteiger partial charge on any atom is 0.253 e. The van der Waals surface area contributed by atoms with Crippen LogP contribution in [-0.2, 0) is 10.0 Å². The summed E-state index contributed by atoms with van der Waals surface area (Å²) in [6.45, 7) is 3.28. The van der Waals surface area contributed by atoms with Crippen LogP contribution in [0.2, 0.25) is 0 Å². The lowest BCUT2D eigenvalue weighted by Gasteiger charge is -2.21. The maximum absolute atomic E-state index is 12.8. The first-order chi connectivity index (χ1) is 13.0. The van der Waals surface area contributed by atoms with Gasteiger partial charge in [0.1, 0.15) is 0 Å². The number of sulfonamides is 1. The van der Waals surface area contributed by atoms with Gasteiger partial charge in [-0.3, -0.25) is 4.79 Å². The summed E-state index contributed by atoms with van der Waals surface area (Å²) in [6.07, 6.45) is 4.28. The Kier molecular flexibility index (Phi) is 6.29. The summed E-state index contributed by atoms with van der Waals surface area (Å²) in [6, 6.07) is 15.4. The molecule has 1 aliphatic rings. The van der Waals surface area contributed by atoms with Gasteiger partial charge in [0.05, 0.1) is 4.90 Å². The van der Waals surface area contributed by atoms with Crippen molar-refractivity contribution in [2.75, 3.05) is 13.1 Å². The number of carbonyl (C=O) groups is 1. The second-order valence-corrected chi connectivity index (χ2v) is 8.70. The van der Waals surface area contributed by atoms with E-state index in [-0.39, 0.29) is 16.8 Å². The van der Waals surface area contributed by atoms with Gasteiger partial charge in [0, 0.05) is 24.7 Å². The van der Waals surface area contributed by atoms with Gasteiger partial charge in [0.2, 0.25) is 10.0 Å². The van der Waals surface area contributed by atoms with Gasteiger partial charge in [-0.2, -0.15) is 0 Å². The van der Waals surface area contributed by atoms with E-state index in [1.165, 1.54) is 12.1 Å². The minimum absolute atomic E-state index is 0.0925. The Morgan fingerprint density at radius 3 is 2.30 bits per heavy atom. The molecule has 6 heteroatoms. The largest absolute Gasteiger partial charge is 0.339 e. The number of hydrogen-bond acceptors (Lipinski definition) is 3. The minimum atomic E-state index is -3.72. The summed E-state index contributed by atoms with van der Waals surface area (Å²) in [7, 11) is -3.72. The first-order valence-corrected chi connectivity index (χ1v) is 10.9. The molecule has 0 bridgehead atoms. The van der Waals surface area contributed by atoms with Crippen molar-refractivity contribution in [1.29, 1.82) is 0 Å². The lowest BCUT2D eigenvalue weighted by Crippen LogP contribution is -2.32. The molecule has 0 aromatic heterocycles. The third kappa shape index (κ3) is 4.96. The number of rotatable bonds is 5. The molecule has 2 aromatic carbocycles. The first kappa shape index (κ1) is 19.6. The SMILES string of the molecule is CC(NS(=O)(=O)c1cccc(C(=O)N2CCCCCC2)c1)c1ccccc1. The summed E-state index contributed by atoms with van der Waals surface area (Å²) in [5.74, 6) is -0.0925. The topological polar surface area (TPSA) is 66.5 Å². The summed E-state index contributed by atoms with van der Waals surface area (Å²) < 4.78 is 28.3. The molecule has 1 fully saturated rings. The Hall–Kier alpha value is -2.18. The number of carbonyl (C=O) groups excluding carboxylic acids is 1. The van der Waals surface area contributed by atoms with Crippen LogP contribution in [0.3, 0.4) is 0 Å². The van der Waals surface area contributed by atoms with E-state index < -0.39 is 10.0 Å². The van der Waals surface area contributed by atoms with Gasteiger partial charge in [0.15, 0.2) is 0 Å². The van der Waals surface area contributed by atoms with Crippen LogP contribution in [0.4, 0.5) is 0 Å². The number of nitrogens with one attached hydrogen (secondary N) is 1. The fourth-order valence-corrected chi connectivity index (χ4v) is 4.64. The van der Waals surface area contributed by atoms with Crippen LogP contribution in [0.25, 0.3) is 0 Å². The van der Waals surface area contributed by atoms with Crippen LogP contribution >= 0.6 is 0 Å². The molecule has 1 amide bonds. The standard InChI is InChI=1S/C21H26N2O3S/c1-17(18-10-5-4-6-11-18)22-27(25,26)20-13-9-12-19(16-20)21(24)23-14-7-2-3-8-15-23/h4-6,9-13,16-17,22H,2-3,7-8,14-15H2,1H3. The highest BCUT2D eigenvalue weighted by molar-refractivity contribution is 7.89. The first-order valence-electron chi connectivity index (χ1n) is 9.44. The van der Waals surface area contributed by atoms with Gasteiger partial charge < -0.3 is 4.90 Å². The van der Waals surface area contributed by atoms with Gasteiger partial charge in [-0.1, -0.05) is 49.2 Å². The summed E-state index contributed by atoms with van der Waals surface area (Å²) in [4.78, 5) is 14.7. The van der Waals surface area contributed by atoms with Crippen LogP contribution in [0, 0.1) is 0 Å². The Bertz CT molecular complexity index is 873. The molecule has 27 heavy (non-hydrogen) atoms. The molecular weight excluding hydrogens is 360 g/mol. The van der Waals surface area contributed by atoms with Crippen LogP contribution in [0.15, 0.2) is 59.5 Å². The van der Waals surface area contributed by atoms with E-state index in [1.807, 2.05) is 35.2 Å². The predicted molar refractivity (Wildman–Crippen MR) is 106 cm³/mol. The third-order valence-corrected chi connectivity index (χ3v) is 6.45. The van der Waals surface area contributed by atoms with Crippen molar-refractivity contribution >= 4 is 15.9 Å². The van der Waals surface area contributed by atoms with E-state index in [2.05, 4.69) is 4.72 Å². The van der Waals surface area contributed by atoms with Crippen molar-refractivity contribution in [3.63, 3.8) is 0 Å². The molecule has 144 valence electrons. The number of hydrogen-bond donors (Lipinski definition) is 1. The normalized spacial score (nSPS) is 16.6. The van der Waals surface area contributed by atoms with Crippen LogP contribution in [-0.4, -0.2) is 32.3 Å². The lowest BCUT2D eigenvalue weighted by molar-refractivity contribution is 0.0761. The summed E-state index contributed by atoms with van der Waals surface area (Å²) in [5, 5.41) is 0. The third-order valence-electron chi connectivity index (χ3n) is 4.92. The number of nitrogens with zero attached hydrogens (tertiary/aromatic N) is 1. The van der Waals surface area contributed by atoms with Gasteiger partial charge in [-0.15, -0.1) is 0 Å². The second kappa shape index (κ2) is 8.67. The quantitative estimate of drug-likeness (QED) is 0.851. The minimum Gasteiger partial charge on any atom is -0.339 e. The Morgan fingerprint density at radius 1 is 0.963 bits per heavy atom. The van der Waals surface area contributed by atoms with Crippen molar-refractivity contribution in [2.45, 2.75) is 43.5 Å². The van der Waals surface area contributed by atoms with E-state index in [9.17, 15) is 13.2 Å². The maximum atomic E-state index is 12.8. The molecule has 3 rings (SSSR count). The highest BCUT2D eigenvalue weighted by Crippen LogP contribution is 2.19. The number of likely N-dealkylation sites (tertiary alicyclic amines) is 1. The van der Waals surface area contributed by atoms with E-state index >= 15 is 0 Å². The molecule has 2 aromatic rings. The molecule has 1 N–H and O–H groups in total. The van der Waals surface area contributed by atoms with Crippen molar-refractivity contribution in [2.24, 2.45) is 0 Å². The monoisotopic (exact) mass is 386 g/mol. The second-order valence-electron chi connectivity index (χ2n) is 6.99. The van der Waals surface area contributed by atoms with Gasteiger partial charge in [-0.05, 0) is 43.5 Å². The zero-order valence-corrected chi connectivity index (χ0v) is 16.4. The van der Waals surface area contributed by atoms with E-state index in [0.29, 0.717) is 5.56 Å². The average Bonchev–Trinajstić information content (AvgIpc) is 2.97. The molecule has 0 radical (unpaired) electrons. The summed E-state index contributed by atoms with van der Waals surface area (Å²) in [5.41, 5.74) is 1.31. The van der Waals surface area contributed by atoms with Crippen molar-refractivity contribution in [3.05, 3.63) is 65.7 Å². The average molecular weight is 387 g/mol. The Labute approximate surface area is 161 Å². The molecule has 5 nitrogen and oxygen atoms in total. The van der Waals surface area contributed by atoms with Gasteiger partial charge in [0.25, 0.3) is 5.91 Å². The lowest BCUT2D eigenvalue weighted by atomic mass is 10.1. The van der Waals surface area contributed by atoms with E-state index in [0.717, 1.165) is 44.3 Å². The van der Waals surface area contributed by atoms with Crippen LogP contribution in [0.5, 0.6) is 0 Å². The highest BCUT2D eigenvalue weighted by Gasteiger charge is 2.22. The molecular formula is C21H26N2O3S. The summed E-state index contributed by atoms with van der Waals surface area (Å²) >= 11 is 0. The predicted octanol–water partition coefficient (Wildman–Crippen LogP) is 3.74. The van der Waals surface area contributed by atoms with Crippen molar-refractivity contribution < 1.29 is 13.2 Å².